The normalized spacial score (nSPS) is 22.8. The number of carbonyl (C=O) groups excluding carboxylic acids is 1. The molecule has 6 heteroatoms. The Morgan fingerprint density at radius 3 is 2.69 bits per heavy atom. The summed E-state index contributed by atoms with van der Waals surface area (Å²) < 4.78 is 1.94. The van der Waals surface area contributed by atoms with E-state index in [0.29, 0.717) is 18.0 Å². The molecular weight excluding hydrogens is 398 g/mol. The summed E-state index contributed by atoms with van der Waals surface area (Å²) in [5.41, 5.74) is 4.52. The average Bonchev–Trinajstić information content (AvgIpc) is 3.47. The predicted octanol–water partition coefficient (Wildman–Crippen LogP) is 3.80. The number of amides is 1. The minimum Gasteiger partial charge on any atom is -0.349 e. The third-order valence-electron chi connectivity index (χ3n) is 7.16. The smallest absolute Gasteiger partial charge is 0.251 e. The van der Waals surface area contributed by atoms with Crippen LogP contribution in [0.15, 0.2) is 54.9 Å². The van der Waals surface area contributed by atoms with Gasteiger partial charge in [0.15, 0.2) is 0 Å². The van der Waals surface area contributed by atoms with Gasteiger partial charge in [-0.05, 0) is 87.9 Å². The Balaban J connectivity index is 1.17. The molecule has 3 atom stereocenters. The van der Waals surface area contributed by atoms with Crippen LogP contribution >= 0.6 is 0 Å². The molecule has 32 heavy (non-hydrogen) atoms. The lowest BCUT2D eigenvalue weighted by atomic mass is 9.96. The van der Waals surface area contributed by atoms with Gasteiger partial charge >= 0.3 is 0 Å². The summed E-state index contributed by atoms with van der Waals surface area (Å²) in [6.07, 6.45) is 9.47. The summed E-state index contributed by atoms with van der Waals surface area (Å²) in [5, 5.41) is 14.8. The number of piperidine rings is 1. The Hall–Kier alpha value is -2.70. The summed E-state index contributed by atoms with van der Waals surface area (Å²) in [6.45, 7) is 4.20. The summed E-state index contributed by atoms with van der Waals surface area (Å²) in [6, 6.07) is 15.5. The van der Waals surface area contributed by atoms with E-state index in [2.05, 4.69) is 52.2 Å². The molecule has 1 saturated heterocycles. The Bertz CT molecular complexity index is 1050. The number of nitrogens with one attached hydrogen (secondary N) is 3. The van der Waals surface area contributed by atoms with Crippen molar-refractivity contribution in [1.29, 1.82) is 0 Å². The van der Waals surface area contributed by atoms with Gasteiger partial charge in [0.1, 0.15) is 0 Å². The molecule has 1 aliphatic heterocycles. The molecule has 3 aromatic rings. The van der Waals surface area contributed by atoms with E-state index in [1.165, 1.54) is 29.5 Å². The quantitative estimate of drug-likeness (QED) is 0.555. The zero-order valence-electron chi connectivity index (χ0n) is 18.8. The maximum atomic E-state index is 12.6. The number of hydrogen-bond donors (Lipinski definition) is 3. The Morgan fingerprint density at radius 1 is 1.06 bits per heavy atom. The number of rotatable bonds is 6. The SMILES string of the molecule is C[C@@H](N[C@H]1CCC(c2ccc(C(=O)NC3CCNCC3)cc2)C1)c1cnn2ccccc12. The van der Waals surface area contributed by atoms with E-state index in [1.807, 2.05) is 35.1 Å². The summed E-state index contributed by atoms with van der Waals surface area (Å²) in [5.74, 6) is 0.599. The van der Waals surface area contributed by atoms with Crippen LogP contribution in [0.2, 0.25) is 0 Å². The number of fused-ring (bicyclic) bond motifs is 1. The van der Waals surface area contributed by atoms with Crippen molar-refractivity contribution in [2.45, 2.75) is 63.1 Å². The molecule has 2 aromatic heterocycles. The molecule has 3 N–H and O–H groups in total. The van der Waals surface area contributed by atoms with E-state index in [1.54, 1.807) is 0 Å². The van der Waals surface area contributed by atoms with Gasteiger partial charge in [-0.25, -0.2) is 4.52 Å². The van der Waals surface area contributed by atoms with Crippen molar-refractivity contribution >= 4 is 11.4 Å². The van der Waals surface area contributed by atoms with Crippen LogP contribution in [0.3, 0.4) is 0 Å². The van der Waals surface area contributed by atoms with Crippen LogP contribution in [0.1, 0.15) is 72.5 Å². The molecule has 3 heterocycles. The van der Waals surface area contributed by atoms with Gasteiger partial charge in [0.2, 0.25) is 0 Å². The van der Waals surface area contributed by atoms with Crippen molar-refractivity contribution in [3.8, 4) is 0 Å². The van der Waals surface area contributed by atoms with Gasteiger partial charge in [0.25, 0.3) is 5.91 Å². The highest BCUT2D eigenvalue weighted by Crippen LogP contribution is 2.35. The number of nitrogens with zero attached hydrogens (tertiary/aromatic N) is 2. The first-order valence-corrected chi connectivity index (χ1v) is 12.0. The zero-order chi connectivity index (χ0) is 21.9. The predicted molar refractivity (Wildman–Crippen MR) is 127 cm³/mol. The maximum Gasteiger partial charge on any atom is 0.251 e. The lowest BCUT2D eigenvalue weighted by Gasteiger charge is -2.23. The van der Waals surface area contributed by atoms with Crippen molar-refractivity contribution in [3.05, 3.63) is 71.5 Å². The summed E-state index contributed by atoms with van der Waals surface area (Å²) >= 11 is 0. The molecule has 1 unspecified atom stereocenters. The maximum absolute atomic E-state index is 12.6. The van der Waals surface area contributed by atoms with E-state index in [0.717, 1.165) is 37.9 Å². The first-order valence-electron chi connectivity index (χ1n) is 12.0. The van der Waals surface area contributed by atoms with Crippen LogP contribution in [-0.4, -0.2) is 40.7 Å². The van der Waals surface area contributed by atoms with Crippen molar-refractivity contribution in [1.82, 2.24) is 25.6 Å². The van der Waals surface area contributed by atoms with Crippen LogP contribution in [0, 0.1) is 0 Å². The highest BCUT2D eigenvalue weighted by molar-refractivity contribution is 5.94. The van der Waals surface area contributed by atoms with Crippen molar-refractivity contribution in [2.24, 2.45) is 0 Å². The van der Waals surface area contributed by atoms with Crippen molar-refractivity contribution in [3.63, 3.8) is 0 Å². The molecule has 2 aliphatic rings. The highest BCUT2D eigenvalue weighted by Gasteiger charge is 2.28. The van der Waals surface area contributed by atoms with Crippen LogP contribution in [0.4, 0.5) is 0 Å². The summed E-state index contributed by atoms with van der Waals surface area (Å²) in [4.78, 5) is 12.6. The molecule has 6 nitrogen and oxygen atoms in total. The number of aromatic nitrogens is 2. The highest BCUT2D eigenvalue weighted by atomic mass is 16.1. The Morgan fingerprint density at radius 2 is 1.88 bits per heavy atom. The third kappa shape index (κ3) is 4.57. The lowest BCUT2D eigenvalue weighted by molar-refractivity contribution is 0.0929. The van der Waals surface area contributed by atoms with Gasteiger partial charge in [-0.2, -0.15) is 5.10 Å². The molecule has 0 radical (unpaired) electrons. The van der Waals surface area contributed by atoms with E-state index >= 15 is 0 Å². The zero-order valence-corrected chi connectivity index (χ0v) is 18.8. The fraction of sp³-hybridized carbons (Fsp3) is 0.462. The molecule has 0 bridgehead atoms. The monoisotopic (exact) mass is 431 g/mol. The van der Waals surface area contributed by atoms with E-state index in [-0.39, 0.29) is 11.9 Å². The molecule has 1 saturated carbocycles. The second-order valence-electron chi connectivity index (χ2n) is 9.35. The molecule has 0 spiro atoms. The first-order chi connectivity index (χ1) is 15.7. The van der Waals surface area contributed by atoms with E-state index < -0.39 is 0 Å². The van der Waals surface area contributed by atoms with Crippen LogP contribution < -0.4 is 16.0 Å². The first kappa shape index (κ1) is 21.2. The number of carbonyl (C=O) groups is 1. The standard InChI is InChI=1S/C26H33N5O/c1-18(24-17-28-31-15-3-2-4-25(24)31)29-23-10-9-21(16-23)19-5-7-20(8-6-19)26(32)30-22-11-13-27-14-12-22/h2-8,15,17-18,21-23,27,29H,9-14,16H2,1H3,(H,30,32)/t18-,21?,23+/m1/s1. The van der Waals surface area contributed by atoms with Gasteiger partial charge in [0.05, 0.1) is 11.7 Å². The minimum absolute atomic E-state index is 0.0524. The van der Waals surface area contributed by atoms with Gasteiger partial charge in [-0.1, -0.05) is 18.2 Å². The van der Waals surface area contributed by atoms with Gasteiger partial charge in [0, 0.05) is 35.4 Å². The fourth-order valence-electron chi connectivity index (χ4n) is 5.31. The topological polar surface area (TPSA) is 70.5 Å². The van der Waals surface area contributed by atoms with Crippen LogP contribution in [0.25, 0.3) is 5.52 Å². The molecular formula is C26H33N5O. The number of benzene rings is 1. The molecule has 1 aromatic carbocycles. The molecule has 5 rings (SSSR count). The molecule has 168 valence electrons. The Kier molecular flexibility index (Phi) is 6.23. The second kappa shape index (κ2) is 9.43. The van der Waals surface area contributed by atoms with E-state index in [9.17, 15) is 4.79 Å². The number of pyridine rings is 1. The van der Waals surface area contributed by atoms with Gasteiger partial charge in [-0.3, -0.25) is 4.79 Å². The van der Waals surface area contributed by atoms with Crippen LogP contribution in [0.5, 0.6) is 0 Å². The average molecular weight is 432 g/mol. The van der Waals surface area contributed by atoms with Crippen molar-refractivity contribution in [2.75, 3.05) is 13.1 Å². The number of hydrogen-bond acceptors (Lipinski definition) is 4. The van der Waals surface area contributed by atoms with Gasteiger partial charge < -0.3 is 16.0 Å². The fourth-order valence-corrected chi connectivity index (χ4v) is 5.31. The van der Waals surface area contributed by atoms with Crippen LogP contribution in [-0.2, 0) is 0 Å². The van der Waals surface area contributed by atoms with E-state index in [4.69, 9.17) is 0 Å². The third-order valence-corrected chi connectivity index (χ3v) is 7.16. The Labute approximate surface area is 189 Å². The summed E-state index contributed by atoms with van der Waals surface area (Å²) in [7, 11) is 0. The molecule has 1 amide bonds. The van der Waals surface area contributed by atoms with Gasteiger partial charge in [-0.15, -0.1) is 0 Å². The lowest BCUT2D eigenvalue weighted by Crippen LogP contribution is -2.42. The second-order valence-corrected chi connectivity index (χ2v) is 9.35. The molecule has 1 aliphatic carbocycles. The molecule has 2 fully saturated rings. The largest absolute Gasteiger partial charge is 0.349 e. The van der Waals surface area contributed by atoms with Crippen molar-refractivity contribution < 1.29 is 4.79 Å². The minimum atomic E-state index is 0.0524.